The Morgan fingerprint density at radius 1 is 1.53 bits per heavy atom. The molecule has 0 spiro atoms. The summed E-state index contributed by atoms with van der Waals surface area (Å²) in [6.45, 7) is 2.86. The van der Waals surface area contributed by atoms with Crippen LogP contribution in [0.2, 0.25) is 0 Å². The topological polar surface area (TPSA) is 75.8 Å². The van der Waals surface area contributed by atoms with Crippen LogP contribution in [0.4, 0.5) is 4.79 Å². The zero-order valence-corrected chi connectivity index (χ0v) is 9.72. The molecule has 1 fully saturated rings. The molecule has 2 rings (SSSR count). The molecule has 0 aliphatic carbocycles. The van der Waals surface area contributed by atoms with Crippen molar-refractivity contribution < 1.29 is 14.6 Å². The lowest BCUT2D eigenvalue weighted by Gasteiger charge is -2.19. The maximum absolute atomic E-state index is 11.6. The van der Waals surface area contributed by atoms with Gasteiger partial charge in [0.1, 0.15) is 11.4 Å². The monoisotopic (exact) mass is 236 g/mol. The zero-order chi connectivity index (χ0) is 12.5. The number of hydrogen-bond acceptors (Lipinski definition) is 4. The molecule has 17 heavy (non-hydrogen) atoms. The maximum Gasteiger partial charge on any atom is 0.410 e. The van der Waals surface area contributed by atoms with Gasteiger partial charge in [0.15, 0.2) is 0 Å². The van der Waals surface area contributed by atoms with E-state index in [4.69, 9.17) is 10.5 Å². The van der Waals surface area contributed by atoms with Crippen LogP contribution in [0.5, 0.6) is 5.75 Å². The number of carbonyl (C=O) groups is 1. The van der Waals surface area contributed by atoms with Gasteiger partial charge in [-0.05, 0) is 13.0 Å². The van der Waals surface area contributed by atoms with Crippen LogP contribution in [-0.2, 0) is 11.3 Å². The first-order valence-corrected chi connectivity index (χ1v) is 5.49. The van der Waals surface area contributed by atoms with Crippen molar-refractivity contribution in [3.05, 3.63) is 29.8 Å². The van der Waals surface area contributed by atoms with Crippen molar-refractivity contribution >= 4 is 6.09 Å². The smallest absolute Gasteiger partial charge is 0.410 e. The molecule has 1 aromatic rings. The van der Waals surface area contributed by atoms with Crippen LogP contribution in [0.15, 0.2) is 24.3 Å². The Balaban J connectivity index is 2.11. The molecule has 3 N–H and O–H groups in total. The highest BCUT2D eigenvalue weighted by molar-refractivity contribution is 5.70. The number of phenolic OH excluding ortho intramolecular Hbond substituents is 1. The number of carbonyl (C=O) groups excluding carboxylic acids is 1. The number of nitrogens with zero attached hydrogens (tertiary/aromatic N) is 1. The minimum absolute atomic E-state index is 0.182. The second kappa shape index (κ2) is 4.25. The third-order valence-electron chi connectivity index (χ3n) is 2.90. The first kappa shape index (κ1) is 11.7. The number of cyclic esters (lactones) is 1. The fourth-order valence-electron chi connectivity index (χ4n) is 1.85. The Hall–Kier alpha value is -1.75. The number of ether oxygens (including phenoxy) is 1. The Morgan fingerprint density at radius 2 is 2.24 bits per heavy atom. The van der Waals surface area contributed by atoms with E-state index in [1.807, 2.05) is 6.07 Å². The van der Waals surface area contributed by atoms with Crippen molar-refractivity contribution in [2.45, 2.75) is 19.1 Å². The average Bonchev–Trinajstić information content (AvgIpc) is 2.58. The fraction of sp³-hybridized carbons (Fsp3) is 0.417. The van der Waals surface area contributed by atoms with Crippen molar-refractivity contribution in [1.29, 1.82) is 0 Å². The molecule has 1 atom stereocenters. The van der Waals surface area contributed by atoms with Gasteiger partial charge in [-0.1, -0.05) is 18.2 Å². The van der Waals surface area contributed by atoms with E-state index in [1.54, 1.807) is 30.0 Å². The summed E-state index contributed by atoms with van der Waals surface area (Å²) in [5, 5.41) is 9.64. The molecule has 1 aromatic carbocycles. The van der Waals surface area contributed by atoms with E-state index in [9.17, 15) is 9.90 Å². The lowest BCUT2D eigenvalue weighted by molar-refractivity contribution is 0.0781. The summed E-state index contributed by atoms with van der Waals surface area (Å²) in [6.07, 6.45) is -0.388. The zero-order valence-electron chi connectivity index (χ0n) is 9.72. The first-order valence-electron chi connectivity index (χ1n) is 5.49. The lowest BCUT2D eigenvalue weighted by atomic mass is 10.1. The molecule has 1 saturated heterocycles. The van der Waals surface area contributed by atoms with Crippen molar-refractivity contribution in [2.24, 2.45) is 5.73 Å². The fourth-order valence-corrected chi connectivity index (χ4v) is 1.85. The van der Waals surface area contributed by atoms with Crippen molar-refractivity contribution in [3.63, 3.8) is 0 Å². The van der Waals surface area contributed by atoms with Crippen LogP contribution >= 0.6 is 0 Å². The third kappa shape index (κ3) is 2.34. The molecule has 1 heterocycles. The Labute approximate surface area is 99.8 Å². The summed E-state index contributed by atoms with van der Waals surface area (Å²) < 4.78 is 5.20. The van der Waals surface area contributed by atoms with Crippen LogP contribution < -0.4 is 5.73 Å². The molecule has 1 aliphatic heterocycles. The summed E-state index contributed by atoms with van der Waals surface area (Å²) in [6, 6.07) is 6.93. The van der Waals surface area contributed by atoms with Crippen LogP contribution in [0.25, 0.3) is 0 Å². The van der Waals surface area contributed by atoms with Crippen LogP contribution in [0.3, 0.4) is 0 Å². The molecular weight excluding hydrogens is 220 g/mol. The predicted molar refractivity (Wildman–Crippen MR) is 62.5 cm³/mol. The molecule has 1 amide bonds. The van der Waals surface area contributed by atoms with Crippen LogP contribution in [0.1, 0.15) is 12.5 Å². The number of benzene rings is 1. The highest BCUT2D eigenvalue weighted by Crippen LogP contribution is 2.25. The SMILES string of the molecule is CC1(CN)CN(Cc2ccccc2O)C(=O)O1. The highest BCUT2D eigenvalue weighted by Gasteiger charge is 2.40. The van der Waals surface area contributed by atoms with Gasteiger partial charge < -0.3 is 15.6 Å². The third-order valence-corrected chi connectivity index (χ3v) is 2.90. The van der Waals surface area contributed by atoms with Crippen molar-refractivity contribution in [3.8, 4) is 5.75 Å². The second-order valence-electron chi connectivity index (χ2n) is 4.51. The van der Waals surface area contributed by atoms with E-state index in [1.165, 1.54) is 0 Å². The van der Waals surface area contributed by atoms with Crippen LogP contribution in [0, 0.1) is 0 Å². The summed E-state index contributed by atoms with van der Waals surface area (Å²) in [7, 11) is 0. The summed E-state index contributed by atoms with van der Waals surface area (Å²) >= 11 is 0. The van der Waals surface area contributed by atoms with E-state index in [0.29, 0.717) is 18.7 Å². The highest BCUT2D eigenvalue weighted by atomic mass is 16.6. The molecule has 0 bridgehead atoms. The minimum atomic E-state index is -0.624. The largest absolute Gasteiger partial charge is 0.508 e. The number of aromatic hydroxyl groups is 1. The van der Waals surface area contributed by atoms with Crippen molar-refractivity contribution in [2.75, 3.05) is 13.1 Å². The van der Waals surface area contributed by atoms with Gasteiger partial charge in [-0.2, -0.15) is 0 Å². The van der Waals surface area contributed by atoms with E-state index in [-0.39, 0.29) is 18.4 Å². The van der Waals surface area contributed by atoms with E-state index in [2.05, 4.69) is 0 Å². The molecule has 0 saturated carbocycles. The van der Waals surface area contributed by atoms with E-state index >= 15 is 0 Å². The number of para-hydroxylation sites is 1. The molecule has 0 aromatic heterocycles. The molecule has 1 unspecified atom stereocenters. The number of phenols is 1. The van der Waals surface area contributed by atoms with Gasteiger partial charge in [-0.15, -0.1) is 0 Å². The van der Waals surface area contributed by atoms with Gasteiger partial charge in [0.25, 0.3) is 0 Å². The van der Waals surface area contributed by atoms with Gasteiger partial charge in [-0.25, -0.2) is 4.79 Å². The van der Waals surface area contributed by atoms with Gasteiger partial charge in [-0.3, -0.25) is 4.90 Å². The Morgan fingerprint density at radius 3 is 2.82 bits per heavy atom. The van der Waals surface area contributed by atoms with Crippen LogP contribution in [-0.4, -0.2) is 34.8 Å². The molecule has 5 heteroatoms. The number of hydrogen-bond donors (Lipinski definition) is 2. The Bertz CT molecular complexity index is 436. The normalized spacial score (nSPS) is 23.9. The molecule has 5 nitrogen and oxygen atoms in total. The molecule has 92 valence electrons. The van der Waals surface area contributed by atoms with Gasteiger partial charge >= 0.3 is 6.09 Å². The Kier molecular flexibility index (Phi) is 2.93. The number of amides is 1. The lowest BCUT2D eigenvalue weighted by Crippen LogP contribution is -2.38. The molecular formula is C12H16N2O3. The molecule has 1 aliphatic rings. The van der Waals surface area contributed by atoms with E-state index in [0.717, 1.165) is 0 Å². The predicted octanol–water partition coefficient (Wildman–Crippen LogP) is 1.06. The quantitative estimate of drug-likeness (QED) is 0.822. The summed E-state index contributed by atoms with van der Waals surface area (Å²) in [4.78, 5) is 13.2. The first-order chi connectivity index (χ1) is 8.04. The van der Waals surface area contributed by atoms with E-state index < -0.39 is 5.60 Å². The van der Waals surface area contributed by atoms with Crippen molar-refractivity contribution in [1.82, 2.24) is 4.90 Å². The van der Waals surface area contributed by atoms with Gasteiger partial charge in [0, 0.05) is 12.1 Å². The van der Waals surface area contributed by atoms with Gasteiger partial charge in [0.05, 0.1) is 13.1 Å². The average molecular weight is 236 g/mol. The summed E-state index contributed by atoms with van der Waals surface area (Å²) in [5.41, 5.74) is 5.64. The standard InChI is InChI=1S/C12H16N2O3/c1-12(7-13)8-14(11(16)17-12)6-9-4-2-3-5-10(9)15/h2-5,15H,6-8,13H2,1H3. The second-order valence-corrected chi connectivity index (χ2v) is 4.51. The summed E-state index contributed by atoms with van der Waals surface area (Å²) in [5.74, 6) is 0.182. The molecule has 0 radical (unpaired) electrons. The number of nitrogens with two attached hydrogens (primary N) is 1. The van der Waals surface area contributed by atoms with Gasteiger partial charge in [0.2, 0.25) is 0 Å². The minimum Gasteiger partial charge on any atom is -0.508 e. The maximum atomic E-state index is 11.6. The number of rotatable bonds is 3.